The fourth-order valence-electron chi connectivity index (χ4n) is 2.69. The summed E-state index contributed by atoms with van der Waals surface area (Å²) in [6.07, 6.45) is 2.53. The van der Waals surface area contributed by atoms with Gasteiger partial charge in [0.05, 0.1) is 18.8 Å². The summed E-state index contributed by atoms with van der Waals surface area (Å²) < 4.78 is 16.4. The quantitative estimate of drug-likeness (QED) is 0.411. The Morgan fingerprint density at radius 1 is 1.35 bits per heavy atom. The minimum atomic E-state index is -3.60. The van der Waals surface area contributed by atoms with Crippen LogP contribution in [0.4, 0.5) is 0 Å². The molecule has 1 aliphatic rings. The summed E-state index contributed by atoms with van der Waals surface area (Å²) in [7, 11) is -3.60. The van der Waals surface area contributed by atoms with E-state index >= 15 is 0 Å². The summed E-state index contributed by atoms with van der Waals surface area (Å²) >= 11 is 0. The highest BCUT2D eigenvalue weighted by atomic mass is 31.2. The molecule has 3 atom stereocenters. The summed E-state index contributed by atoms with van der Waals surface area (Å²) in [5, 5.41) is 12.1. The van der Waals surface area contributed by atoms with E-state index in [1.165, 1.54) is 11.8 Å². The first-order valence-corrected chi connectivity index (χ1v) is 9.89. The standard InChI is InChI=1S/C14H27N2O6P/c1-11(18)15-7-5-3-4-6-14(19)16-9-13(8-12(16)10-17)22-23(2,20)21/h12-13,17H,3-10H2,1-2H3,(H,15,18)(H,20,21)/t12-,13?/m0/s1. The molecule has 23 heavy (non-hydrogen) atoms. The molecular formula is C14H27N2O6P. The number of rotatable bonds is 9. The number of nitrogens with one attached hydrogen (secondary N) is 1. The maximum atomic E-state index is 12.2. The van der Waals surface area contributed by atoms with E-state index in [0.717, 1.165) is 19.5 Å². The first kappa shape index (κ1) is 20.1. The molecule has 2 amide bonds. The third-order valence-corrected chi connectivity index (χ3v) is 4.38. The van der Waals surface area contributed by atoms with Gasteiger partial charge >= 0.3 is 7.60 Å². The molecule has 1 rings (SSSR count). The smallest absolute Gasteiger partial charge is 0.325 e. The monoisotopic (exact) mass is 350 g/mol. The number of hydrogen-bond donors (Lipinski definition) is 3. The minimum Gasteiger partial charge on any atom is -0.394 e. The van der Waals surface area contributed by atoms with Crippen molar-refractivity contribution in [1.29, 1.82) is 0 Å². The maximum Gasteiger partial charge on any atom is 0.325 e. The van der Waals surface area contributed by atoms with E-state index in [2.05, 4.69) is 5.32 Å². The number of aliphatic hydroxyl groups excluding tert-OH is 1. The number of hydrogen-bond acceptors (Lipinski definition) is 5. The molecule has 0 saturated carbocycles. The van der Waals surface area contributed by atoms with Gasteiger partial charge in [-0.25, -0.2) is 0 Å². The Balaban J connectivity index is 2.33. The van der Waals surface area contributed by atoms with Gasteiger partial charge in [0.25, 0.3) is 0 Å². The fraction of sp³-hybridized carbons (Fsp3) is 0.857. The average Bonchev–Trinajstić information content (AvgIpc) is 2.82. The van der Waals surface area contributed by atoms with Crippen molar-refractivity contribution in [2.45, 2.75) is 51.2 Å². The lowest BCUT2D eigenvalue weighted by Crippen LogP contribution is -2.37. The predicted octanol–water partition coefficient (Wildman–Crippen LogP) is 0.476. The van der Waals surface area contributed by atoms with Gasteiger partial charge in [-0.05, 0) is 19.3 Å². The number of nitrogens with zero attached hydrogens (tertiary/aromatic N) is 1. The van der Waals surface area contributed by atoms with Crippen molar-refractivity contribution in [2.24, 2.45) is 0 Å². The summed E-state index contributed by atoms with van der Waals surface area (Å²) in [4.78, 5) is 33.7. The molecule has 0 aromatic rings. The summed E-state index contributed by atoms with van der Waals surface area (Å²) in [6, 6.07) is -0.363. The second-order valence-electron chi connectivity index (χ2n) is 5.94. The van der Waals surface area contributed by atoms with Crippen LogP contribution in [0.1, 0.15) is 39.0 Å². The molecule has 0 radical (unpaired) electrons. The van der Waals surface area contributed by atoms with Gasteiger partial charge in [0.15, 0.2) is 0 Å². The van der Waals surface area contributed by atoms with Crippen molar-refractivity contribution < 1.29 is 28.7 Å². The lowest BCUT2D eigenvalue weighted by molar-refractivity contribution is -0.133. The number of likely N-dealkylation sites (tertiary alicyclic amines) is 1. The molecule has 8 nitrogen and oxygen atoms in total. The molecular weight excluding hydrogens is 323 g/mol. The first-order valence-electron chi connectivity index (χ1n) is 7.86. The molecule has 9 heteroatoms. The van der Waals surface area contributed by atoms with E-state index in [1.807, 2.05) is 0 Å². The van der Waals surface area contributed by atoms with Crippen LogP contribution in [0.15, 0.2) is 0 Å². The largest absolute Gasteiger partial charge is 0.394 e. The highest BCUT2D eigenvalue weighted by molar-refractivity contribution is 7.51. The number of carbonyl (C=O) groups excluding carboxylic acids is 2. The summed E-state index contributed by atoms with van der Waals surface area (Å²) in [5.41, 5.74) is 0. The number of amides is 2. The van der Waals surface area contributed by atoms with Crippen LogP contribution in [0.5, 0.6) is 0 Å². The number of carbonyl (C=O) groups is 2. The molecule has 0 aromatic carbocycles. The average molecular weight is 350 g/mol. The Labute approximate surface area is 136 Å². The van der Waals surface area contributed by atoms with Crippen LogP contribution >= 0.6 is 7.60 Å². The molecule has 1 aliphatic heterocycles. The van der Waals surface area contributed by atoms with Gasteiger partial charge in [-0.1, -0.05) is 6.42 Å². The van der Waals surface area contributed by atoms with E-state index in [-0.39, 0.29) is 31.0 Å². The molecule has 2 unspecified atom stereocenters. The molecule has 0 spiro atoms. The van der Waals surface area contributed by atoms with E-state index in [0.29, 0.717) is 25.8 Å². The van der Waals surface area contributed by atoms with E-state index in [4.69, 9.17) is 4.52 Å². The second-order valence-corrected chi connectivity index (χ2v) is 7.76. The van der Waals surface area contributed by atoms with Gasteiger partial charge in [-0.3, -0.25) is 14.2 Å². The van der Waals surface area contributed by atoms with Crippen LogP contribution in [-0.2, 0) is 18.7 Å². The van der Waals surface area contributed by atoms with Gasteiger partial charge in [0.1, 0.15) is 0 Å². The predicted molar refractivity (Wildman–Crippen MR) is 85.0 cm³/mol. The van der Waals surface area contributed by atoms with Crippen molar-refractivity contribution in [2.75, 3.05) is 26.4 Å². The number of aliphatic hydroxyl groups is 1. The van der Waals surface area contributed by atoms with Crippen LogP contribution in [0.3, 0.4) is 0 Å². The van der Waals surface area contributed by atoms with Crippen molar-refractivity contribution in [3.63, 3.8) is 0 Å². The minimum absolute atomic E-state index is 0.0629. The fourth-order valence-corrected chi connectivity index (χ4v) is 3.40. The zero-order valence-electron chi connectivity index (χ0n) is 13.7. The Kier molecular flexibility index (Phi) is 8.19. The summed E-state index contributed by atoms with van der Waals surface area (Å²) in [6.45, 7) is 3.22. The SMILES string of the molecule is CC(=O)NCCCCCC(=O)N1CC(OP(C)(=O)O)C[C@H]1CO. The molecule has 1 heterocycles. The van der Waals surface area contributed by atoms with Crippen molar-refractivity contribution in [1.82, 2.24) is 10.2 Å². The summed E-state index contributed by atoms with van der Waals surface area (Å²) in [5.74, 6) is -0.148. The maximum absolute atomic E-state index is 12.2. The Bertz CT molecular complexity index is 453. The first-order chi connectivity index (χ1) is 10.7. The molecule has 134 valence electrons. The Morgan fingerprint density at radius 3 is 2.61 bits per heavy atom. The molecule has 1 saturated heterocycles. The Morgan fingerprint density at radius 2 is 2.04 bits per heavy atom. The Hall–Kier alpha value is -0.950. The van der Waals surface area contributed by atoms with Gasteiger partial charge in [-0.2, -0.15) is 0 Å². The van der Waals surface area contributed by atoms with Crippen molar-refractivity contribution in [3.05, 3.63) is 0 Å². The molecule has 3 N–H and O–H groups in total. The highest BCUT2D eigenvalue weighted by Crippen LogP contribution is 2.41. The van der Waals surface area contributed by atoms with Gasteiger partial charge < -0.3 is 24.7 Å². The zero-order valence-corrected chi connectivity index (χ0v) is 14.6. The molecule has 0 aromatic heterocycles. The zero-order chi connectivity index (χ0) is 17.5. The van der Waals surface area contributed by atoms with Gasteiger partial charge in [0.2, 0.25) is 11.8 Å². The van der Waals surface area contributed by atoms with Gasteiger partial charge in [0, 0.05) is 33.1 Å². The van der Waals surface area contributed by atoms with Crippen LogP contribution in [0, 0.1) is 0 Å². The van der Waals surface area contributed by atoms with Crippen molar-refractivity contribution >= 4 is 19.4 Å². The van der Waals surface area contributed by atoms with Crippen LogP contribution in [0.25, 0.3) is 0 Å². The lowest BCUT2D eigenvalue weighted by atomic mass is 10.1. The van der Waals surface area contributed by atoms with Gasteiger partial charge in [-0.15, -0.1) is 0 Å². The lowest BCUT2D eigenvalue weighted by Gasteiger charge is -2.22. The molecule has 1 fully saturated rings. The van der Waals surface area contributed by atoms with Crippen molar-refractivity contribution in [3.8, 4) is 0 Å². The normalized spacial score (nSPS) is 23.6. The van der Waals surface area contributed by atoms with Crippen LogP contribution < -0.4 is 5.32 Å². The third-order valence-electron chi connectivity index (χ3n) is 3.69. The van der Waals surface area contributed by atoms with Crippen LogP contribution in [0.2, 0.25) is 0 Å². The third kappa shape index (κ3) is 7.92. The van der Waals surface area contributed by atoms with E-state index < -0.39 is 13.7 Å². The second kappa shape index (κ2) is 9.37. The van der Waals surface area contributed by atoms with E-state index in [9.17, 15) is 24.2 Å². The van der Waals surface area contributed by atoms with Crippen LogP contribution in [-0.4, -0.2) is 65.2 Å². The molecule has 0 aliphatic carbocycles. The highest BCUT2D eigenvalue weighted by Gasteiger charge is 2.37. The topological polar surface area (TPSA) is 116 Å². The molecule has 0 bridgehead atoms. The van der Waals surface area contributed by atoms with E-state index in [1.54, 1.807) is 0 Å². The number of unbranched alkanes of at least 4 members (excludes halogenated alkanes) is 2.